The molecule has 4 heteroatoms. The Labute approximate surface area is 104 Å². The van der Waals surface area contributed by atoms with E-state index in [2.05, 4.69) is 18.7 Å². The average Bonchev–Trinajstić information content (AvgIpc) is 2.29. The molecular formula is C13H24N2O2. The highest BCUT2D eigenvalue weighted by atomic mass is 16.2. The number of hydrogen-bond donors (Lipinski definition) is 0. The molecule has 1 atom stereocenters. The number of nitrogens with zero attached hydrogens (tertiary/aromatic N) is 2. The lowest BCUT2D eigenvalue weighted by Gasteiger charge is -2.33. The van der Waals surface area contributed by atoms with E-state index >= 15 is 0 Å². The molecule has 1 fully saturated rings. The van der Waals surface area contributed by atoms with Crippen LogP contribution in [0.2, 0.25) is 0 Å². The molecule has 0 aromatic heterocycles. The van der Waals surface area contributed by atoms with Gasteiger partial charge in [0.05, 0.1) is 6.54 Å². The van der Waals surface area contributed by atoms with Gasteiger partial charge in [-0.1, -0.05) is 20.3 Å². The Bertz CT molecular complexity index is 271. The predicted octanol–water partition coefficient (Wildman–Crippen LogP) is 1.16. The second kappa shape index (κ2) is 6.74. The molecule has 0 radical (unpaired) electrons. The molecule has 1 aliphatic rings. The van der Waals surface area contributed by atoms with Crippen molar-refractivity contribution in [2.45, 2.75) is 33.6 Å². The van der Waals surface area contributed by atoms with Crippen molar-refractivity contribution in [1.82, 2.24) is 9.80 Å². The molecule has 1 heterocycles. The van der Waals surface area contributed by atoms with E-state index in [1.165, 1.54) is 0 Å². The first kappa shape index (κ1) is 14.2. The molecule has 17 heavy (non-hydrogen) atoms. The normalized spacial score (nSPS) is 19.1. The van der Waals surface area contributed by atoms with Gasteiger partial charge in [0.2, 0.25) is 5.91 Å². The van der Waals surface area contributed by atoms with Gasteiger partial charge >= 0.3 is 0 Å². The maximum Gasteiger partial charge on any atom is 0.219 e. The van der Waals surface area contributed by atoms with Crippen LogP contribution in [-0.2, 0) is 9.59 Å². The van der Waals surface area contributed by atoms with Gasteiger partial charge in [0.15, 0.2) is 0 Å². The van der Waals surface area contributed by atoms with E-state index in [0.29, 0.717) is 24.7 Å². The first-order valence-electron chi connectivity index (χ1n) is 6.52. The third-order valence-corrected chi connectivity index (χ3v) is 3.49. The maximum absolute atomic E-state index is 11.8. The molecule has 1 saturated heterocycles. The lowest BCUT2D eigenvalue weighted by atomic mass is 10.0. The Balaban J connectivity index is 2.26. The van der Waals surface area contributed by atoms with Crippen LogP contribution in [0, 0.1) is 5.92 Å². The zero-order valence-corrected chi connectivity index (χ0v) is 11.2. The van der Waals surface area contributed by atoms with Gasteiger partial charge in [-0.2, -0.15) is 0 Å². The first-order valence-corrected chi connectivity index (χ1v) is 6.52. The van der Waals surface area contributed by atoms with E-state index in [1.807, 2.05) is 4.90 Å². The Morgan fingerprint density at radius 1 is 1.18 bits per heavy atom. The number of carbonyl (C=O) groups excluding carboxylic acids is 2. The van der Waals surface area contributed by atoms with Crippen molar-refractivity contribution < 1.29 is 9.59 Å². The van der Waals surface area contributed by atoms with Crippen LogP contribution < -0.4 is 0 Å². The highest BCUT2D eigenvalue weighted by Crippen LogP contribution is 2.08. The molecule has 0 aliphatic carbocycles. The maximum atomic E-state index is 11.8. The number of piperazine rings is 1. The summed E-state index contributed by atoms with van der Waals surface area (Å²) < 4.78 is 0. The van der Waals surface area contributed by atoms with E-state index in [9.17, 15) is 9.59 Å². The molecule has 0 aromatic carbocycles. The van der Waals surface area contributed by atoms with Crippen LogP contribution >= 0.6 is 0 Å². The minimum atomic E-state index is 0.135. The third kappa shape index (κ3) is 4.86. The van der Waals surface area contributed by atoms with E-state index in [0.717, 1.165) is 32.6 Å². The fraction of sp³-hybridized carbons (Fsp3) is 0.846. The second-order valence-electron chi connectivity index (χ2n) is 5.04. The SMILES string of the molecule is CCC(C)CC(=O)CN1CCN(C(C)=O)CC1. The summed E-state index contributed by atoms with van der Waals surface area (Å²) in [7, 11) is 0. The molecule has 1 amide bonds. The lowest BCUT2D eigenvalue weighted by Crippen LogP contribution is -2.49. The number of rotatable bonds is 5. The van der Waals surface area contributed by atoms with Gasteiger partial charge in [0.25, 0.3) is 0 Å². The molecule has 0 spiro atoms. The molecule has 0 bridgehead atoms. The van der Waals surface area contributed by atoms with Gasteiger partial charge in [0, 0.05) is 39.5 Å². The van der Waals surface area contributed by atoms with Crippen molar-refractivity contribution in [3.8, 4) is 0 Å². The Morgan fingerprint density at radius 2 is 1.76 bits per heavy atom. The number of ketones is 1. The summed E-state index contributed by atoms with van der Waals surface area (Å²) in [5, 5.41) is 0. The van der Waals surface area contributed by atoms with Crippen molar-refractivity contribution in [3.05, 3.63) is 0 Å². The number of hydrogen-bond acceptors (Lipinski definition) is 3. The molecule has 0 N–H and O–H groups in total. The minimum Gasteiger partial charge on any atom is -0.340 e. The summed E-state index contributed by atoms with van der Waals surface area (Å²) in [6, 6.07) is 0. The quantitative estimate of drug-likeness (QED) is 0.724. The van der Waals surface area contributed by atoms with Gasteiger partial charge in [-0.25, -0.2) is 0 Å². The van der Waals surface area contributed by atoms with Crippen molar-refractivity contribution in [1.29, 1.82) is 0 Å². The number of carbonyl (C=O) groups is 2. The summed E-state index contributed by atoms with van der Waals surface area (Å²) in [4.78, 5) is 26.9. The van der Waals surface area contributed by atoms with E-state index in [-0.39, 0.29) is 5.91 Å². The van der Waals surface area contributed by atoms with Crippen LogP contribution in [0.4, 0.5) is 0 Å². The monoisotopic (exact) mass is 240 g/mol. The molecule has 0 aromatic rings. The highest BCUT2D eigenvalue weighted by molar-refractivity contribution is 5.80. The zero-order valence-electron chi connectivity index (χ0n) is 11.2. The minimum absolute atomic E-state index is 0.135. The van der Waals surface area contributed by atoms with Gasteiger partial charge < -0.3 is 4.90 Å². The summed E-state index contributed by atoms with van der Waals surface area (Å²) in [5.41, 5.74) is 0. The fourth-order valence-corrected chi connectivity index (χ4v) is 2.07. The van der Waals surface area contributed by atoms with Gasteiger partial charge in [-0.05, 0) is 5.92 Å². The predicted molar refractivity (Wildman–Crippen MR) is 67.8 cm³/mol. The molecule has 4 nitrogen and oxygen atoms in total. The largest absolute Gasteiger partial charge is 0.340 e. The molecular weight excluding hydrogens is 216 g/mol. The van der Waals surface area contributed by atoms with Gasteiger partial charge in [0.1, 0.15) is 5.78 Å². The van der Waals surface area contributed by atoms with Crippen LogP contribution in [0.1, 0.15) is 33.6 Å². The summed E-state index contributed by atoms with van der Waals surface area (Å²) >= 11 is 0. The highest BCUT2D eigenvalue weighted by Gasteiger charge is 2.20. The van der Waals surface area contributed by atoms with Crippen molar-refractivity contribution in [3.63, 3.8) is 0 Å². The Hall–Kier alpha value is -0.900. The Morgan fingerprint density at radius 3 is 2.24 bits per heavy atom. The summed E-state index contributed by atoms with van der Waals surface area (Å²) in [6.45, 7) is 9.55. The van der Waals surface area contributed by atoms with Crippen molar-refractivity contribution >= 4 is 11.7 Å². The van der Waals surface area contributed by atoms with Crippen molar-refractivity contribution in [2.75, 3.05) is 32.7 Å². The van der Waals surface area contributed by atoms with Crippen LogP contribution in [0.25, 0.3) is 0 Å². The summed E-state index contributed by atoms with van der Waals surface area (Å²) in [5.74, 6) is 0.951. The third-order valence-electron chi connectivity index (χ3n) is 3.49. The standard InChI is InChI=1S/C13H24N2O2/c1-4-11(2)9-13(17)10-14-5-7-15(8-6-14)12(3)16/h11H,4-10H2,1-3H3. The van der Waals surface area contributed by atoms with Crippen molar-refractivity contribution in [2.24, 2.45) is 5.92 Å². The van der Waals surface area contributed by atoms with Gasteiger partial charge in [-0.15, -0.1) is 0 Å². The molecule has 1 aliphatic heterocycles. The first-order chi connectivity index (χ1) is 8.02. The molecule has 1 unspecified atom stereocenters. The topological polar surface area (TPSA) is 40.6 Å². The fourth-order valence-electron chi connectivity index (χ4n) is 2.07. The van der Waals surface area contributed by atoms with Crippen LogP contribution in [0.5, 0.6) is 0 Å². The summed E-state index contributed by atoms with van der Waals surface area (Å²) in [6.07, 6.45) is 1.74. The van der Waals surface area contributed by atoms with E-state index in [4.69, 9.17) is 0 Å². The molecule has 0 saturated carbocycles. The van der Waals surface area contributed by atoms with Crippen LogP contribution in [0.15, 0.2) is 0 Å². The smallest absolute Gasteiger partial charge is 0.219 e. The van der Waals surface area contributed by atoms with Crippen LogP contribution in [-0.4, -0.2) is 54.2 Å². The van der Waals surface area contributed by atoms with E-state index in [1.54, 1.807) is 6.92 Å². The number of Topliss-reactive ketones (excluding diaryl/α,β-unsaturated/α-hetero) is 1. The average molecular weight is 240 g/mol. The van der Waals surface area contributed by atoms with E-state index < -0.39 is 0 Å². The lowest BCUT2D eigenvalue weighted by molar-refractivity contribution is -0.130. The zero-order chi connectivity index (χ0) is 12.8. The second-order valence-corrected chi connectivity index (χ2v) is 5.04. The molecule has 98 valence electrons. The number of amides is 1. The van der Waals surface area contributed by atoms with Gasteiger partial charge in [-0.3, -0.25) is 14.5 Å². The van der Waals surface area contributed by atoms with Crippen LogP contribution in [0.3, 0.4) is 0 Å². The Kier molecular flexibility index (Phi) is 5.62. The molecule has 1 rings (SSSR count).